The third-order valence-electron chi connectivity index (χ3n) is 5.08. The lowest BCUT2D eigenvalue weighted by Gasteiger charge is -2.38. The minimum atomic E-state index is -0.336. The first-order valence-electron chi connectivity index (χ1n) is 8.76. The molecule has 0 radical (unpaired) electrons. The van der Waals surface area contributed by atoms with Crippen LogP contribution >= 0.6 is 0 Å². The van der Waals surface area contributed by atoms with Crippen LogP contribution in [-0.4, -0.2) is 59.9 Å². The predicted molar refractivity (Wildman–Crippen MR) is 90.4 cm³/mol. The number of nitrogens with two attached hydrogens (primary N) is 1. The van der Waals surface area contributed by atoms with E-state index < -0.39 is 0 Å². The highest BCUT2D eigenvalue weighted by molar-refractivity contribution is 5.80. The van der Waals surface area contributed by atoms with Crippen LogP contribution in [0.2, 0.25) is 0 Å². The molecule has 2 aliphatic rings. The van der Waals surface area contributed by atoms with Gasteiger partial charge in [0.15, 0.2) is 6.61 Å². The number of halogens is 1. The lowest BCUT2D eigenvalue weighted by atomic mass is 10.0. The highest BCUT2D eigenvalue weighted by Gasteiger charge is 2.36. The number of hydrogen-bond acceptors (Lipinski definition) is 4. The molecule has 0 saturated carbocycles. The fourth-order valence-electron chi connectivity index (χ4n) is 3.75. The number of ether oxygens (including phenoxy) is 1. The van der Waals surface area contributed by atoms with Crippen LogP contribution < -0.4 is 10.5 Å². The van der Waals surface area contributed by atoms with E-state index in [2.05, 4.69) is 4.90 Å². The van der Waals surface area contributed by atoms with E-state index in [9.17, 15) is 14.0 Å². The summed E-state index contributed by atoms with van der Waals surface area (Å²) in [5.74, 6) is -0.178. The molecule has 136 valence electrons. The highest BCUT2D eigenvalue weighted by atomic mass is 19.1. The fraction of sp³-hybridized carbons (Fsp3) is 0.556. The maximum atomic E-state index is 12.9. The number of carbonyl (C=O) groups is 2. The lowest BCUT2D eigenvalue weighted by molar-refractivity contribution is -0.135. The summed E-state index contributed by atoms with van der Waals surface area (Å²) in [5.41, 5.74) is 5.49. The van der Waals surface area contributed by atoms with Crippen molar-refractivity contribution in [3.63, 3.8) is 0 Å². The van der Waals surface area contributed by atoms with Crippen molar-refractivity contribution in [3.8, 4) is 5.75 Å². The van der Waals surface area contributed by atoms with E-state index in [0.717, 1.165) is 32.2 Å². The maximum Gasteiger partial charge on any atom is 0.260 e. The molecule has 2 fully saturated rings. The van der Waals surface area contributed by atoms with Crippen LogP contribution in [0.1, 0.15) is 25.7 Å². The minimum Gasteiger partial charge on any atom is -0.484 e. The zero-order chi connectivity index (χ0) is 17.8. The van der Waals surface area contributed by atoms with Crippen LogP contribution in [-0.2, 0) is 9.59 Å². The smallest absolute Gasteiger partial charge is 0.260 e. The normalized spacial score (nSPS) is 22.1. The Morgan fingerprint density at radius 1 is 1.12 bits per heavy atom. The molecule has 1 atom stereocenters. The molecule has 0 bridgehead atoms. The molecule has 0 spiro atoms. The van der Waals surface area contributed by atoms with E-state index >= 15 is 0 Å². The van der Waals surface area contributed by atoms with Crippen molar-refractivity contribution >= 4 is 11.8 Å². The van der Waals surface area contributed by atoms with E-state index in [0.29, 0.717) is 24.9 Å². The quantitative estimate of drug-likeness (QED) is 0.865. The summed E-state index contributed by atoms with van der Waals surface area (Å²) in [6.45, 7) is 2.15. The lowest BCUT2D eigenvalue weighted by Crippen LogP contribution is -2.51. The van der Waals surface area contributed by atoms with E-state index in [1.54, 1.807) is 4.90 Å². The van der Waals surface area contributed by atoms with E-state index in [4.69, 9.17) is 10.5 Å². The molecule has 0 unspecified atom stereocenters. The molecule has 0 aliphatic carbocycles. The highest BCUT2D eigenvalue weighted by Crippen LogP contribution is 2.26. The fourth-order valence-corrected chi connectivity index (χ4v) is 3.75. The first-order chi connectivity index (χ1) is 12.0. The number of carbonyl (C=O) groups excluding carboxylic acids is 2. The second kappa shape index (κ2) is 7.82. The van der Waals surface area contributed by atoms with Crippen LogP contribution in [0, 0.1) is 5.82 Å². The van der Waals surface area contributed by atoms with Crippen molar-refractivity contribution in [1.82, 2.24) is 9.80 Å². The van der Waals surface area contributed by atoms with Gasteiger partial charge >= 0.3 is 0 Å². The van der Waals surface area contributed by atoms with Gasteiger partial charge in [0.05, 0.1) is 6.04 Å². The number of hydrogen-bond donors (Lipinski definition) is 1. The molecular weight excluding hydrogens is 325 g/mol. The summed E-state index contributed by atoms with van der Waals surface area (Å²) < 4.78 is 18.3. The van der Waals surface area contributed by atoms with Crippen molar-refractivity contribution < 1.29 is 18.7 Å². The molecule has 7 heteroatoms. The Kier molecular flexibility index (Phi) is 5.53. The number of primary amides is 1. The first kappa shape index (κ1) is 17.7. The molecule has 2 aliphatic heterocycles. The van der Waals surface area contributed by atoms with Crippen molar-refractivity contribution in [2.24, 2.45) is 5.73 Å². The van der Waals surface area contributed by atoms with Crippen LogP contribution in [0.3, 0.4) is 0 Å². The van der Waals surface area contributed by atoms with Crippen molar-refractivity contribution in [2.75, 3.05) is 26.2 Å². The Labute approximate surface area is 146 Å². The third kappa shape index (κ3) is 4.28. The zero-order valence-corrected chi connectivity index (χ0v) is 14.2. The average molecular weight is 349 g/mol. The monoisotopic (exact) mass is 349 g/mol. The molecule has 2 amide bonds. The molecule has 2 saturated heterocycles. The third-order valence-corrected chi connectivity index (χ3v) is 5.08. The molecule has 25 heavy (non-hydrogen) atoms. The Morgan fingerprint density at radius 3 is 2.44 bits per heavy atom. The van der Waals surface area contributed by atoms with Crippen LogP contribution in [0.4, 0.5) is 4.39 Å². The predicted octanol–water partition coefficient (Wildman–Crippen LogP) is 1.15. The Hall–Kier alpha value is -2.15. The standard InChI is InChI=1S/C18H24FN3O3/c19-13-3-5-15(6-4-13)25-12-17(23)21-10-7-14(8-11-21)22-9-1-2-16(22)18(20)24/h3-6,14,16H,1-2,7-12H2,(H2,20,24)/t16-/m0/s1. The van der Waals surface area contributed by atoms with E-state index in [1.807, 2.05) is 0 Å². The summed E-state index contributed by atoms with van der Waals surface area (Å²) in [6.07, 6.45) is 3.51. The number of benzene rings is 1. The molecule has 2 N–H and O–H groups in total. The van der Waals surface area contributed by atoms with Gasteiger partial charge in [-0.05, 0) is 56.5 Å². The van der Waals surface area contributed by atoms with E-state index in [-0.39, 0.29) is 30.3 Å². The molecule has 3 rings (SSSR count). The van der Waals surface area contributed by atoms with Gasteiger partial charge in [-0.1, -0.05) is 0 Å². The van der Waals surface area contributed by atoms with E-state index in [1.165, 1.54) is 24.3 Å². The van der Waals surface area contributed by atoms with Gasteiger partial charge in [-0.15, -0.1) is 0 Å². The first-order valence-corrected chi connectivity index (χ1v) is 8.76. The summed E-state index contributed by atoms with van der Waals surface area (Å²) in [7, 11) is 0. The molecular formula is C18H24FN3O3. The van der Waals surface area contributed by atoms with Gasteiger partial charge in [0.25, 0.3) is 5.91 Å². The summed E-state index contributed by atoms with van der Waals surface area (Å²) in [4.78, 5) is 27.8. The summed E-state index contributed by atoms with van der Waals surface area (Å²) in [5, 5.41) is 0. The number of piperidine rings is 1. The SMILES string of the molecule is NC(=O)[C@@H]1CCCN1C1CCN(C(=O)COc2ccc(F)cc2)CC1. The second-order valence-electron chi connectivity index (χ2n) is 6.65. The van der Waals surface area contributed by atoms with Gasteiger partial charge in [0, 0.05) is 19.1 Å². The number of likely N-dealkylation sites (tertiary alicyclic amines) is 2. The van der Waals surface area contributed by atoms with Gasteiger partial charge in [-0.3, -0.25) is 14.5 Å². The summed E-state index contributed by atoms with van der Waals surface area (Å²) in [6, 6.07) is 5.77. The minimum absolute atomic E-state index is 0.0517. The average Bonchev–Trinajstić information content (AvgIpc) is 3.11. The zero-order valence-electron chi connectivity index (χ0n) is 14.2. The van der Waals surface area contributed by atoms with Crippen LogP contribution in [0.5, 0.6) is 5.75 Å². The molecule has 2 heterocycles. The Morgan fingerprint density at radius 2 is 1.80 bits per heavy atom. The van der Waals surface area contributed by atoms with Gasteiger partial charge in [-0.25, -0.2) is 4.39 Å². The number of rotatable bonds is 5. The van der Waals surface area contributed by atoms with Gasteiger partial charge in [-0.2, -0.15) is 0 Å². The number of amides is 2. The van der Waals surface area contributed by atoms with Crippen LogP contribution in [0.15, 0.2) is 24.3 Å². The number of nitrogens with zero attached hydrogens (tertiary/aromatic N) is 2. The molecule has 1 aromatic rings. The molecule has 6 nitrogen and oxygen atoms in total. The van der Waals surface area contributed by atoms with Crippen molar-refractivity contribution in [3.05, 3.63) is 30.1 Å². The largest absolute Gasteiger partial charge is 0.484 e. The topological polar surface area (TPSA) is 75.9 Å². The maximum absolute atomic E-state index is 12.9. The van der Waals surface area contributed by atoms with Crippen LogP contribution in [0.25, 0.3) is 0 Å². The van der Waals surface area contributed by atoms with Gasteiger partial charge in [0.1, 0.15) is 11.6 Å². The van der Waals surface area contributed by atoms with Crippen molar-refractivity contribution in [1.29, 1.82) is 0 Å². The Balaban J connectivity index is 1.46. The Bertz CT molecular complexity index is 614. The summed E-state index contributed by atoms with van der Waals surface area (Å²) >= 11 is 0. The second-order valence-corrected chi connectivity index (χ2v) is 6.65. The van der Waals surface area contributed by atoms with Gasteiger partial charge in [0.2, 0.25) is 5.91 Å². The molecule has 0 aromatic heterocycles. The molecule has 1 aromatic carbocycles. The van der Waals surface area contributed by atoms with Gasteiger partial charge < -0.3 is 15.4 Å². The van der Waals surface area contributed by atoms with Crippen molar-refractivity contribution in [2.45, 2.75) is 37.8 Å².